The zero-order valence-electron chi connectivity index (χ0n) is 13.9. The fourth-order valence-corrected chi connectivity index (χ4v) is 3.80. The lowest BCUT2D eigenvalue weighted by Gasteiger charge is -2.35. The number of ether oxygens (including phenoxy) is 1. The largest absolute Gasteiger partial charge is 0.463 e. The monoisotopic (exact) mass is 348 g/mol. The molecule has 2 aromatic rings. The fourth-order valence-electron chi connectivity index (χ4n) is 2.64. The molecule has 1 aliphatic carbocycles. The van der Waals surface area contributed by atoms with E-state index in [1.54, 1.807) is 39.2 Å². The van der Waals surface area contributed by atoms with E-state index in [2.05, 4.69) is 10.3 Å². The Bertz CT molecular complexity index is 739. The molecule has 24 heavy (non-hydrogen) atoms. The van der Waals surface area contributed by atoms with Crippen LogP contribution in [0.15, 0.2) is 22.8 Å². The SMILES string of the molecule is CC(C)(C)OC(=O)Nc1nc(-c2ccco2)c(C2(C=O)CCC2)s1. The van der Waals surface area contributed by atoms with Gasteiger partial charge in [0.05, 0.1) is 16.6 Å². The molecule has 0 aliphatic heterocycles. The van der Waals surface area contributed by atoms with Gasteiger partial charge in [0, 0.05) is 0 Å². The highest BCUT2D eigenvalue weighted by Crippen LogP contribution is 2.49. The number of hydrogen-bond donors (Lipinski definition) is 1. The summed E-state index contributed by atoms with van der Waals surface area (Å²) in [7, 11) is 0. The first-order chi connectivity index (χ1) is 11.3. The number of carbonyl (C=O) groups excluding carboxylic acids is 2. The van der Waals surface area contributed by atoms with Gasteiger partial charge >= 0.3 is 6.09 Å². The normalized spacial score (nSPS) is 16.3. The second-order valence-electron chi connectivity index (χ2n) is 6.93. The van der Waals surface area contributed by atoms with Crippen molar-refractivity contribution in [2.45, 2.75) is 51.0 Å². The molecule has 128 valence electrons. The van der Waals surface area contributed by atoms with Gasteiger partial charge in [0.1, 0.15) is 17.6 Å². The van der Waals surface area contributed by atoms with E-state index >= 15 is 0 Å². The Morgan fingerprint density at radius 2 is 2.21 bits per heavy atom. The predicted octanol–water partition coefficient (Wildman–Crippen LogP) is 4.37. The first-order valence-electron chi connectivity index (χ1n) is 7.84. The van der Waals surface area contributed by atoms with Gasteiger partial charge < -0.3 is 13.9 Å². The molecule has 0 unspecified atom stereocenters. The van der Waals surface area contributed by atoms with Crippen LogP contribution in [-0.2, 0) is 14.9 Å². The van der Waals surface area contributed by atoms with Gasteiger partial charge in [-0.3, -0.25) is 5.32 Å². The van der Waals surface area contributed by atoms with Gasteiger partial charge in [-0.05, 0) is 45.7 Å². The Morgan fingerprint density at radius 1 is 1.46 bits per heavy atom. The van der Waals surface area contributed by atoms with Crippen molar-refractivity contribution in [3.8, 4) is 11.5 Å². The van der Waals surface area contributed by atoms with Crippen molar-refractivity contribution < 1.29 is 18.7 Å². The number of rotatable bonds is 4. The van der Waals surface area contributed by atoms with Gasteiger partial charge in [0.15, 0.2) is 10.9 Å². The number of carbonyl (C=O) groups is 2. The number of aldehydes is 1. The Kier molecular flexibility index (Phi) is 4.21. The molecule has 3 rings (SSSR count). The molecule has 0 aromatic carbocycles. The second-order valence-corrected chi connectivity index (χ2v) is 7.93. The number of nitrogens with zero attached hydrogens (tertiary/aromatic N) is 1. The van der Waals surface area contributed by atoms with Crippen molar-refractivity contribution in [1.82, 2.24) is 4.98 Å². The van der Waals surface area contributed by atoms with Crippen LogP contribution in [0.3, 0.4) is 0 Å². The van der Waals surface area contributed by atoms with Crippen LogP contribution in [0.1, 0.15) is 44.9 Å². The van der Waals surface area contributed by atoms with Crippen molar-refractivity contribution in [3.05, 3.63) is 23.3 Å². The third-order valence-corrected chi connectivity index (χ3v) is 5.10. The van der Waals surface area contributed by atoms with E-state index in [0.717, 1.165) is 30.4 Å². The molecule has 7 heteroatoms. The summed E-state index contributed by atoms with van der Waals surface area (Å²) in [5, 5.41) is 3.06. The molecule has 0 saturated heterocycles. The fraction of sp³-hybridized carbons (Fsp3) is 0.471. The van der Waals surface area contributed by atoms with E-state index in [4.69, 9.17) is 9.15 Å². The summed E-state index contributed by atoms with van der Waals surface area (Å²) in [5.41, 5.74) is -0.498. The molecule has 1 N–H and O–H groups in total. The van der Waals surface area contributed by atoms with Gasteiger partial charge in [-0.1, -0.05) is 17.8 Å². The van der Waals surface area contributed by atoms with Gasteiger partial charge in [-0.25, -0.2) is 9.78 Å². The van der Waals surface area contributed by atoms with Crippen LogP contribution in [-0.4, -0.2) is 23.0 Å². The number of aromatic nitrogens is 1. The number of hydrogen-bond acceptors (Lipinski definition) is 6. The lowest BCUT2D eigenvalue weighted by atomic mass is 9.68. The molecule has 1 saturated carbocycles. The van der Waals surface area contributed by atoms with Crippen molar-refractivity contribution >= 4 is 28.8 Å². The summed E-state index contributed by atoms with van der Waals surface area (Å²) in [6.45, 7) is 5.39. The van der Waals surface area contributed by atoms with Crippen molar-refractivity contribution in [2.75, 3.05) is 5.32 Å². The van der Waals surface area contributed by atoms with E-state index in [0.29, 0.717) is 16.6 Å². The first-order valence-corrected chi connectivity index (χ1v) is 8.66. The van der Waals surface area contributed by atoms with Gasteiger partial charge in [0.25, 0.3) is 0 Å². The topological polar surface area (TPSA) is 81.4 Å². The molecular formula is C17H20N2O4S. The van der Waals surface area contributed by atoms with Crippen LogP contribution in [0.25, 0.3) is 11.5 Å². The first kappa shape index (κ1) is 16.7. The van der Waals surface area contributed by atoms with E-state index < -0.39 is 17.1 Å². The lowest BCUT2D eigenvalue weighted by molar-refractivity contribution is -0.115. The number of furan rings is 1. The minimum atomic E-state index is -0.591. The summed E-state index contributed by atoms with van der Waals surface area (Å²) < 4.78 is 10.7. The molecule has 6 nitrogen and oxygen atoms in total. The van der Waals surface area contributed by atoms with E-state index in [1.165, 1.54) is 11.3 Å². The molecule has 1 amide bonds. The maximum atomic E-state index is 12.0. The molecule has 2 heterocycles. The molecule has 0 radical (unpaired) electrons. The van der Waals surface area contributed by atoms with Crippen molar-refractivity contribution in [3.63, 3.8) is 0 Å². The number of thiazole rings is 1. The van der Waals surface area contributed by atoms with E-state index in [1.807, 2.05) is 0 Å². The molecule has 1 aliphatic rings. The van der Waals surface area contributed by atoms with E-state index in [9.17, 15) is 9.59 Å². The maximum Gasteiger partial charge on any atom is 0.413 e. The smallest absolute Gasteiger partial charge is 0.413 e. The Hall–Kier alpha value is -2.15. The summed E-state index contributed by atoms with van der Waals surface area (Å²) >= 11 is 1.31. The van der Waals surface area contributed by atoms with Crippen LogP contribution in [0, 0.1) is 0 Å². The van der Waals surface area contributed by atoms with Crippen LogP contribution in [0.2, 0.25) is 0 Å². The predicted molar refractivity (Wildman–Crippen MR) is 91.3 cm³/mol. The van der Waals surface area contributed by atoms with Crippen LogP contribution >= 0.6 is 11.3 Å². The zero-order valence-corrected chi connectivity index (χ0v) is 14.7. The highest BCUT2D eigenvalue weighted by molar-refractivity contribution is 7.16. The maximum absolute atomic E-state index is 12.0. The Labute approximate surface area is 144 Å². The molecule has 0 spiro atoms. The number of nitrogens with one attached hydrogen (secondary N) is 1. The van der Waals surface area contributed by atoms with Gasteiger partial charge in [-0.15, -0.1) is 0 Å². The highest BCUT2D eigenvalue weighted by Gasteiger charge is 2.43. The average Bonchev–Trinajstić information content (AvgIpc) is 3.05. The zero-order chi connectivity index (χ0) is 17.4. The lowest BCUT2D eigenvalue weighted by Crippen LogP contribution is -2.35. The summed E-state index contributed by atoms with van der Waals surface area (Å²) in [5.74, 6) is 0.589. The summed E-state index contributed by atoms with van der Waals surface area (Å²) in [6.07, 6.45) is 4.57. The molecule has 0 atom stereocenters. The van der Waals surface area contributed by atoms with Crippen molar-refractivity contribution in [1.29, 1.82) is 0 Å². The van der Waals surface area contributed by atoms with Crippen LogP contribution in [0.5, 0.6) is 0 Å². The molecule has 0 bridgehead atoms. The molecule has 2 aromatic heterocycles. The van der Waals surface area contributed by atoms with E-state index in [-0.39, 0.29) is 0 Å². The number of amides is 1. The summed E-state index contributed by atoms with van der Waals surface area (Å²) in [4.78, 5) is 29.0. The van der Waals surface area contributed by atoms with Gasteiger partial charge in [0.2, 0.25) is 0 Å². The van der Waals surface area contributed by atoms with Crippen LogP contribution < -0.4 is 5.32 Å². The minimum Gasteiger partial charge on any atom is -0.463 e. The number of anilines is 1. The third-order valence-electron chi connectivity index (χ3n) is 3.91. The third kappa shape index (κ3) is 3.21. The standard InChI is InChI=1S/C17H20N2O4S/c1-16(2,3)23-15(21)19-14-18-12(11-6-4-9-22-11)13(24-14)17(10-20)7-5-8-17/h4,6,9-10H,5,7-8H2,1-3H3,(H,18,19,21). The Morgan fingerprint density at radius 3 is 2.71 bits per heavy atom. The van der Waals surface area contributed by atoms with Crippen LogP contribution in [0.4, 0.5) is 9.93 Å². The average molecular weight is 348 g/mol. The highest BCUT2D eigenvalue weighted by atomic mass is 32.1. The van der Waals surface area contributed by atoms with Crippen molar-refractivity contribution in [2.24, 2.45) is 0 Å². The Balaban J connectivity index is 1.92. The second kappa shape index (κ2) is 6.05. The van der Waals surface area contributed by atoms with Gasteiger partial charge in [-0.2, -0.15) is 0 Å². The molecular weight excluding hydrogens is 328 g/mol. The minimum absolute atomic E-state index is 0.402. The molecule has 1 fully saturated rings. The summed E-state index contributed by atoms with van der Waals surface area (Å²) in [6, 6.07) is 3.57. The quantitative estimate of drug-likeness (QED) is 0.830.